The Labute approximate surface area is 187 Å². The van der Waals surface area contributed by atoms with E-state index in [-0.39, 0.29) is 6.61 Å². The Bertz CT molecular complexity index is 1020. The van der Waals surface area contributed by atoms with Crippen LogP contribution >= 0.6 is 11.6 Å². The molecular weight excluding hydrogens is 414 g/mol. The summed E-state index contributed by atoms with van der Waals surface area (Å²) in [5, 5.41) is 9.50. The number of nitrogens with zero attached hydrogens (tertiary/aromatic N) is 3. The van der Waals surface area contributed by atoms with Crippen molar-refractivity contribution in [1.29, 1.82) is 0 Å². The average Bonchev–Trinajstić information content (AvgIpc) is 2.76. The fourth-order valence-electron chi connectivity index (χ4n) is 3.22. The van der Waals surface area contributed by atoms with Crippen LogP contribution in [-0.2, 0) is 11.3 Å². The van der Waals surface area contributed by atoms with Crippen LogP contribution in [-0.4, -0.2) is 34.2 Å². The third-order valence-electron chi connectivity index (χ3n) is 4.83. The predicted octanol–water partition coefficient (Wildman–Crippen LogP) is 5.38. The second-order valence-electron chi connectivity index (χ2n) is 7.33. The van der Waals surface area contributed by atoms with Gasteiger partial charge in [-0.2, -0.15) is 0 Å². The second kappa shape index (κ2) is 10.8. The number of aliphatic carboxylic acids is 1. The van der Waals surface area contributed by atoms with Crippen molar-refractivity contribution in [2.75, 3.05) is 18.1 Å². The van der Waals surface area contributed by atoms with Gasteiger partial charge in [-0.15, -0.1) is 0 Å². The molecule has 7 heteroatoms. The number of carboxylic acid groups (broad SMARTS) is 1. The largest absolute Gasteiger partial charge is 0.482 e. The number of aromatic nitrogens is 2. The first-order valence-corrected chi connectivity index (χ1v) is 10.6. The Balaban J connectivity index is 1.82. The maximum absolute atomic E-state index is 10.7. The highest BCUT2D eigenvalue weighted by Crippen LogP contribution is 2.24. The van der Waals surface area contributed by atoms with Gasteiger partial charge in [0.1, 0.15) is 11.6 Å². The zero-order valence-electron chi connectivity index (χ0n) is 17.7. The lowest BCUT2D eigenvalue weighted by Crippen LogP contribution is -2.25. The van der Waals surface area contributed by atoms with Gasteiger partial charge in [0.25, 0.3) is 0 Å². The summed E-state index contributed by atoms with van der Waals surface area (Å²) >= 11 is 6.01. The summed E-state index contributed by atoms with van der Waals surface area (Å²) in [6, 6.07) is 13.4. The molecule has 0 unspecified atom stereocenters. The van der Waals surface area contributed by atoms with Crippen LogP contribution in [0.4, 0.5) is 5.82 Å². The van der Waals surface area contributed by atoms with Crippen molar-refractivity contribution >= 4 is 23.4 Å². The molecule has 0 atom stereocenters. The molecule has 0 saturated heterocycles. The second-order valence-corrected chi connectivity index (χ2v) is 7.76. The first-order valence-electron chi connectivity index (χ1n) is 10.2. The number of unbranched alkanes of at least 4 members (excludes halogenated alkanes) is 1. The molecule has 0 bridgehead atoms. The lowest BCUT2D eigenvalue weighted by Gasteiger charge is -2.24. The van der Waals surface area contributed by atoms with Gasteiger partial charge in [-0.3, -0.25) is 4.98 Å². The van der Waals surface area contributed by atoms with E-state index in [2.05, 4.69) is 16.8 Å². The quantitative estimate of drug-likeness (QED) is 0.457. The van der Waals surface area contributed by atoms with E-state index in [1.54, 1.807) is 12.4 Å². The molecule has 3 aromatic rings. The van der Waals surface area contributed by atoms with Gasteiger partial charge >= 0.3 is 5.97 Å². The summed E-state index contributed by atoms with van der Waals surface area (Å²) in [6.07, 6.45) is 5.64. The zero-order chi connectivity index (χ0) is 22.2. The van der Waals surface area contributed by atoms with Gasteiger partial charge in [-0.25, -0.2) is 9.78 Å². The SMILES string of the molecule is CCCCN(Cc1ccc(OCC(=O)O)c(C)c1)c1cncc(-c2ccc(Cl)cc2)n1. The van der Waals surface area contributed by atoms with Gasteiger partial charge in [0.05, 0.1) is 18.1 Å². The molecule has 0 fully saturated rings. The average molecular weight is 440 g/mol. The molecule has 0 aliphatic rings. The molecule has 6 nitrogen and oxygen atoms in total. The van der Waals surface area contributed by atoms with E-state index in [0.717, 1.165) is 47.6 Å². The van der Waals surface area contributed by atoms with E-state index in [1.807, 2.05) is 49.4 Å². The predicted molar refractivity (Wildman–Crippen MR) is 123 cm³/mol. The van der Waals surface area contributed by atoms with Gasteiger partial charge in [0.15, 0.2) is 6.61 Å². The van der Waals surface area contributed by atoms with Crippen LogP contribution in [0.2, 0.25) is 5.02 Å². The summed E-state index contributed by atoms with van der Waals surface area (Å²) in [5.74, 6) is 0.397. The molecule has 1 aromatic heterocycles. The molecule has 0 amide bonds. The van der Waals surface area contributed by atoms with Gasteiger partial charge in [0.2, 0.25) is 0 Å². The van der Waals surface area contributed by atoms with E-state index in [0.29, 0.717) is 17.3 Å². The van der Waals surface area contributed by atoms with Crippen LogP contribution in [0.5, 0.6) is 5.75 Å². The molecule has 2 aromatic carbocycles. The number of carboxylic acids is 1. The van der Waals surface area contributed by atoms with E-state index in [1.165, 1.54) is 0 Å². The van der Waals surface area contributed by atoms with Crippen molar-refractivity contribution in [2.24, 2.45) is 0 Å². The number of hydrogen-bond acceptors (Lipinski definition) is 5. The van der Waals surface area contributed by atoms with E-state index >= 15 is 0 Å². The molecule has 31 heavy (non-hydrogen) atoms. The smallest absolute Gasteiger partial charge is 0.341 e. The number of anilines is 1. The van der Waals surface area contributed by atoms with Crippen molar-refractivity contribution < 1.29 is 14.6 Å². The minimum absolute atomic E-state index is 0.351. The topological polar surface area (TPSA) is 75.5 Å². The van der Waals surface area contributed by atoms with Crippen LogP contribution in [0.15, 0.2) is 54.9 Å². The summed E-state index contributed by atoms with van der Waals surface area (Å²) in [7, 11) is 0. The summed E-state index contributed by atoms with van der Waals surface area (Å²) in [6.45, 7) is 5.24. The molecule has 0 saturated carbocycles. The minimum atomic E-state index is -0.992. The van der Waals surface area contributed by atoms with Crippen molar-refractivity contribution in [3.8, 4) is 17.0 Å². The Morgan fingerprint density at radius 2 is 1.94 bits per heavy atom. The minimum Gasteiger partial charge on any atom is -0.482 e. The third-order valence-corrected chi connectivity index (χ3v) is 5.08. The van der Waals surface area contributed by atoms with Crippen LogP contribution in [0.1, 0.15) is 30.9 Å². The first-order chi connectivity index (χ1) is 15.0. The molecule has 0 aliphatic carbocycles. The molecule has 3 rings (SSSR count). The number of aryl methyl sites for hydroxylation is 1. The molecule has 162 valence electrons. The Morgan fingerprint density at radius 3 is 2.61 bits per heavy atom. The highest BCUT2D eigenvalue weighted by molar-refractivity contribution is 6.30. The number of carbonyl (C=O) groups is 1. The van der Waals surface area contributed by atoms with Gasteiger partial charge in [-0.05, 0) is 42.7 Å². The molecule has 1 heterocycles. The zero-order valence-corrected chi connectivity index (χ0v) is 18.5. The van der Waals surface area contributed by atoms with Crippen LogP contribution in [0.25, 0.3) is 11.3 Å². The van der Waals surface area contributed by atoms with Crippen molar-refractivity contribution in [2.45, 2.75) is 33.2 Å². The first kappa shape index (κ1) is 22.6. The molecule has 1 N–H and O–H groups in total. The Hall–Kier alpha value is -3.12. The molecule has 0 aliphatic heterocycles. The lowest BCUT2D eigenvalue weighted by molar-refractivity contribution is -0.139. The van der Waals surface area contributed by atoms with Crippen LogP contribution < -0.4 is 9.64 Å². The number of rotatable bonds is 10. The van der Waals surface area contributed by atoms with Crippen molar-refractivity contribution in [3.63, 3.8) is 0 Å². The summed E-state index contributed by atoms with van der Waals surface area (Å²) < 4.78 is 5.34. The van der Waals surface area contributed by atoms with E-state index < -0.39 is 5.97 Å². The van der Waals surface area contributed by atoms with E-state index in [9.17, 15) is 4.79 Å². The van der Waals surface area contributed by atoms with Crippen molar-refractivity contribution in [1.82, 2.24) is 9.97 Å². The van der Waals surface area contributed by atoms with Crippen LogP contribution in [0, 0.1) is 6.92 Å². The fraction of sp³-hybridized carbons (Fsp3) is 0.292. The maximum Gasteiger partial charge on any atom is 0.341 e. The van der Waals surface area contributed by atoms with E-state index in [4.69, 9.17) is 26.4 Å². The number of hydrogen-bond donors (Lipinski definition) is 1. The Kier molecular flexibility index (Phi) is 7.84. The standard InChI is InChI=1S/C24H26ClN3O3/c1-3-4-11-28(15-18-5-10-22(17(2)12-18)31-16-24(29)30)23-14-26-13-21(27-23)19-6-8-20(25)9-7-19/h5-10,12-14H,3-4,11,15-16H2,1-2H3,(H,29,30). The highest BCUT2D eigenvalue weighted by Gasteiger charge is 2.12. The molecular formula is C24H26ClN3O3. The third kappa shape index (κ3) is 6.43. The monoisotopic (exact) mass is 439 g/mol. The van der Waals surface area contributed by atoms with Gasteiger partial charge in [0, 0.05) is 23.7 Å². The van der Waals surface area contributed by atoms with Gasteiger partial charge < -0.3 is 14.7 Å². The number of ether oxygens (including phenoxy) is 1. The maximum atomic E-state index is 10.7. The van der Waals surface area contributed by atoms with Crippen LogP contribution in [0.3, 0.4) is 0 Å². The lowest BCUT2D eigenvalue weighted by atomic mass is 10.1. The molecule has 0 radical (unpaired) electrons. The summed E-state index contributed by atoms with van der Waals surface area (Å²) in [4.78, 5) is 22.2. The normalized spacial score (nSPS) is 10.7. The number of halogens is 1. The highest BCUT2D eigenvalue weighted by atomic mass is 35.5. The molecule has 0 spiro atoms. The summed E-state index contributed by atoms with van der Waals surface area (Å²) in [5.41, 5.74) is 3.75. The number of benzene rings is 2. The fourth-order valence-corrected chi connectivity index (χ4v) is 3.35. The van der Waals surface area contributed by atoms with Crippen molar-refractivity contribution in [3.05, 3.63) is 71.0 Å². The Morgan fingerprint density at radius 1 is 1.16 bits per heavy atom. The van der Waals surface area contributed by atoms with Gasteiger partial charge in [-0.1, -0.05) is 49.2 Å².